The maximum atomic E-state index is 9.37. The first-order valence-electron chi connectivity index (χ1n) is 6.52. The third-order valence-electron chi connectivity index (χ3n) is 3.31. The van der Waals surface area contributed by atoms with Crippen molar-refractivity contribution in [3.05, 3.63) is 54.3 Å². The SMILES string of the molecule is NCc1c(-c2ccco2)cc(-c2ccc(O)cc2)nc1N. The van der Waals surface area contributed by atoms with Crippen molar-refractivity contribution in [3.63, 3.8) is 0 Å². The highest BCUT2D eigenvalue weighted by Gasteiger charge is 2.14. The van der Waals surface area contributed by atoms with Gasteiger partial charge in [-0.15, -0.1) is 0 Å². The standard InChI is InChI=1S/C16H15N3O2/c17-9-13-12(15-2-1-7-21-15)8-14(19-16(13)18)10-3-5-11(20)6-4-10/h1-8,20H,9,17H2,(H2,18,19). The summed E-state index contributed by atoms with van der Waals surface area (Å²) in [5.41, 5.74) is 14.9. The highest BCUT2D eigenvalue weighted by atomic mass is 16.3. The Morgan fingerprint density at radius 1 is 1.14 bits per heavy atom. The monoisotopic (exact) mass is 281 g/mol. The number of hydrogen-bond acceptors (Lipinski definition) is 5. The number of furan rings is 1. The van der Waals surface area contributed by atoms with Gasteiger partial charge in [-0.3, -0.25) is 0 Å². The van der Waals surface area contributed by atoms with Crippen LogP contribution in [0.5, 0.6) is 5.75 Å². The molecule has 0 spiro atoms. The Bertz CT molecular complexity index is 750. The lowest BCUT2D eigenvalue weighted by Gasteiger charge is -2.11. The molecule has 106 valence electrons. The smallest absolute Gasteiger partial charge is 0.134 e. The molecule has 0 bridgehead atoms. The third kappa shape index (κ3) is 2.46. The van der Waals surface area contributed by atoms with Gasteiger partial charge in [0.15, 0.2) is 0 Å². The van der Waals surface area contributed by atoms with E-state index in [0.717, 1.165) is 16.7 Å². The summed E-state index contributed by atoms with van der Waals surface area (Å²) < 4.78 is 5.45. The van der Waals surface area contributed by atoms with E-state index in [-0.39, 0.29) is 12.3 Å². The van der Waals surface area contributed by atoms with Crippen molar-refractivity contribution in [2.24, 2.45) is 5.73 Å². The summed E-state index contributed by atoms with van der Waals surface area (Å²) in [6.07, 6.45) is 1.60. The van der Waals surface area contributed by atoms with Crippen LogP contribution >= 0.6 is 0 Å². The molecule has 5 nitrogen and oxygen atoms in total. The number of aromatic nitrogens is 1. The number of benzene rings is 1. The number of rotatable bonds is 3. The van der Waals surface area contributed by atoms with Crippen LogP contribution in [0.1, 0.15) is 5.56 Å². The Hall–Kier alpha value is -2.79. The number of phenols is 1. The van der Waals surface area contributed by atoms with Gasteiger partial charge < -0.3 is 21.0 Å². The predicted molar refractivity (Wildman–Crippen MR) is 81.3 cm³/mol. The first-order valence-corrected chi connectivity index (χ1v) is 6.52. The van der Waals surface area contributed by atoms with E-state index in [9.17, 15) is 5.11 Å². The summed E-state index contributed by atoms with van der Waals surface area (Å²) in [5.74, 6) is 1.29. The molecule has 3 rings (SSSR count). The summed E-state index contributed by atoms with van der Waals surface area (Å²) in [6, 6.07) is 12.3. The molecule has 5 N–H and O–H groups in total. The number of nitrogens with zero attached hydrogens (tertiary/aromatic N) is 1. The van der Waals surface area contributed by atoms with E-state index in [1.165, 1.54) is 0 Å². The van der Waals surface area contributed by atoms with Crippen LogP contribution in [0.4, 0.5) is 5.82 Å². The van der Waals surface area contributed by atoms with Crippen molar-refractivity contribution in [1.29, 1.82) is 0 Å². The minimum Gasteiger partial charge on any atom is -0.508 e. The van der Waals surface area contributed by atoms with Crippen LogP contribution in [0.25, 0.3) is 22.6 Å². The van der Waals surface area contributed by atoms with Crippen molar-refractivity contribution in [3.8, 4) is 28.3 Å². The maximum Gasteiger partial charge on any atom is 0.134 e. The summed E-state index contributed by atoms with van der Waals surface area (Å²) >= 11 is 0. The minimum atomic E-state index is 0.205. The van der Waals surface area contributed by atoms with Gasteiger partial charge in [-0.2, -0.15) is 0 Å². The molecule has 0 saturated heterocycles. The van der Waals surface area contributed by atoms with Gasteiger partial charge in [-0.25, -0.2) is 4.98 Å². The molecule has 0 radical (unpaired) electrons. The molecule has 0 unspecified atom stereocenters. The average Bonchev–Trinajstić information content (AvgIpc) is 3.01. The van der Waals surface area contributed by atoms with Crippen molar-refractivity contribution >= 4 is 5.82 Å². The Morgan fingerprint density at radius 3 is 2.52 bits per heavy atom. The summed E-state index contributed by atoms with van der Waals surface area (Å²) in [6.45, 7) is 0.282. The molecule has 1 aromatic carbocycles. The molecule has 2 heterocycles. The number of nitrogen functional groups attached to an aromatic ring is 1. The van der Waals surface area contributed by atoms with Gasteiger partial charge in [0, 0.05) is 23.2 Å². The number of hydrogen-bond donors (Lipinski definition) is 3. The molecule has 21 heavy (non-hydrogen) atoms. The van der Waals surface area contributed by atoms with Gasteiger partial charge in [0.1, 0.15) is 17.3 Å². The Balaban J connectivity index is 2.17. The van der Waals surface area contributed by atoms with E-state index in [0.29, 0.717) is 17.3 Å². The van der Waals surface area contributed by atoms with Crippen molar-refractivity contribution < 1.29 is 9.52 Å². The molecule has 2 aromatic heterocycles. The molecule has 0 fully saturated rings. The number of pyridine rings is 1. The summed E-state index contributed by atoms with van der Waals surface area (Å²) in [5, 5.41) is 9.37. The Kier molecular flexibility index (Phi) is 3.33. The van der Waals surface area contributed by atoms with E-state index in [2.05, 4.69) is 4.98 Å². The van der Waals surface area contributed by atoms with Crippen LogP contribution < -0.4 is 11.5 Å². The fourth-order valence-corrected chi connectivity index (χ4v) is 2.24. The van der Waals surface area contributed by atoms with Crippen LogP contribution in [0.2, 0.25) is 0 Å². The van der Waals surface area contributed by atoms with Crippen molar-refractivity contribution in [1.82, 2.24) is 4.98 Å². The van der Waals surface area contributed by atoms with E-state index in [1.807, 2.05) is 18.2 Å². The van der Waals surface area contributed by atoms with Crippen LogP contribution in [0, 0.1) is 0 Å². The normalized spacial score (nSPS) is 10.7. The molecule has 0 saturated carbocycles. The molecule has 0 aliphatic heterocycles. The average molecular weight is 281 g/mol. The predicted octanol–water partition coefficient (Wildman–Crippen LogP) is 2.76. The fourth-order valence-electron chi connectivity index (χ4n) is 2.24. The zero-order chi connectivity index (χ0) is 14.8. The lowest BCUT2D eigenvalue weighted by atomic mass is 10.0. The largest absolute Gasteiger partial charge is 0.508 e. The number of nitrogens with two attached hydrogens (primary N) is 2. The van der Waals surface area contributed by atoms with Gasteiger partial charge in [-0.1, -0.05) is 0 Å². The molecule has 0 aliphatic carbocycles. The van der Waals surface area contributed by atoms with E-state index in [4.69, 9.17) is 15.9 Å². The summed E-state index contributed by atoms with van der Waals surface area (Å²) in [4.78, 5) is 4.39. The molecule has 0 amide bonds. The topological polar surface area (TPSA) is 98.3 Å². The number of anilines is 1. The Morgan fingerprint density at radius 2 is 1.90 bits per heavy atom. The quantitative estimate of drug-likeness (QED) is 0.685. The fraction of sp³-hybridized carbons (Fsp3) is 0.0625. The second kappa shape index (κ2) is 5.30. The number of aromatic hydroxyl groups is 1. The summed E-state index contributed by atoms with van der Waals surface area (Å²) in [7, 11) is 0. The van der Waals surface area contributed by atoms with Gasteiger partial charge in [0.25, 0.3) is 0 Å². The van der Waals surface area contributed by atoms with Gasteiger partial charge in [0.05, 0.1) is 12.0 Å². The zero-order valence-electron chi connectivity index (χ0n) is 11.3. The zero-order valence-corrected chi connectivity index (χ0v) is 11.3. The second-order valence-electron chi connectivity index (χ2n) is 4.65. The van der Waals surface area contributed by atoms with Crippen molar-refractivity contribution in [2.45, 2.75) is 6.54 Å². The van der Waals surface area contributed by atoms with Gasteiger partial charge >= 0.3 is 0 Å². The van der Waals surface area contributed by atoms with Gasteiger partial charge in [0.2, 0.25) is 0 Å². The first-order chi connectivity index (χ1) is 10.2. The molecular formula is C16H15N3O2. The number of phenolic OH excluding ortho intramolecular Hbond substituents is 1. The van der Waals surface area contributed by atoms with Crippen LogP contribution in [-0.4, -0.2) is 10.1 Å². The maximum absolute atomic E-state index is 9.37. The van der Waals surface area contributed by atoms with E-state index < -0.39 is 0 Å². The highest BCUT2D eigenvalue weighted by molar-refractivity contribution is 5.75. The second-order valence-corrected chi connectivity index (χ2v) is 4.65. The molecule has 5 heteroatoms. The van der Waals surface area contributed by atoms with Crippen LogP contribution in [0.15, 0.2) is 53.1 Å². The molecule has 3 aromatic rings. The lowest BCUT2D eigenvalue weighted by molar-refractivity contribution is 0.475. The molecular weight excluding hydrogens is 266 g/mol. The van der Waals surface area contributed by atoms with Crippen LogP contribution in [-0.2, 0) is 6.54 Å². The highest BCUT2D eigenvalue weighted by Crippen LogP contribution is 2.32. The van der Waals surface area contributed by atoms with E-state index >= 15 is 0 Å². The third-order valence-corrected chi connectivity index (χ3v) is 3.31. The first kappa shape index (κ1) is 13.2. The van der Waals surface area contributed by atoms with Crippen molar-refractivity contribution in [2.75, 3.05) is 5.73 Å². The molecule has 0 aliphatic rings. The van der Waals surface area contributed by atoms with Crippen LogP contribution in [0.3, 0.4) is 0 Å². The lowest BCUT2D eigenvalue weighted by Crippen LogP contribution is -2.06. The van der Waals surface area contributed by atoms with Gasteiger partial charge in [-0.05, 0) is 42.5 Å². The minimum absolute atomic E-state index is 0.205. The Labute approximate surface area is 121 Å². The van der Waals surface area contributed by atoms with E-state index in [1.54, 1.807) is 30.5 Å². The molecule has 0 atom stereocenters.